The molecule has 1 radical (unpaired) electrons. The highest BCUT2D eigenvalue weighted by Gasteiger charge is 2.14. The Bertz CT molecular complexity index is 777. The lowest BCUT2D eigenvalue weighted by atomic mass is 10.1. The van der Waals surface area contributed by atoms with E-state index in [0.717, 1.165) is 5.56 Å². The number of hydrogen-bond donors (Lipinski definition) is 0. The Labute approximate surface area is 100 Å². The van der Waals surface area contributed by atoms with E-state index in [1.165, 1.54) is 6.39 Å². The largest absolute Gasteiger partial charge is 0.441 e. The Hall–Kier alpha value is -2.76. The van der Waals surface area contributed by atoms with Crippen LogP contribution in [0.5, 0.6) is 0 Å². The van der Waals surface area contributed by atoms with Gasteiger partial charge in [0.1, 0.15) is 11.2 Å². The van der Waals surface area contributed by atoms with Crippen molar-refractivity contribution in [3.8, 4) is 11.3 Å². The molecule has 4 aromatic rings. The number of oxazole rings is 2. The van der Waals surface area contributed by atoms with E-state index in [1.807, 2.05) is 6.07 Å². The van der Waals surface area contributed by atoms with Gasteiger partial charge in [0.15, 0.2) is 23.2 Å². The monoisotopic (exact) mass is 237 g/mol. The molecule has 0 spiro atoms. The average Bonchev–Trinajstić information content (AvgIpc) is 3.06. The predicted molar refractivity (Wildman–Crippen MR) is 61.4 cm³/mol. The normalized spacial score (nSPS) is 11.3. The van der Waals surface area contributed by atoms with Crippen LogP contribution >= 0.6 is 0 Å². The van der Waals surface area contributed by atoms with E-state index >= 15 is 0 Å². The molecule has 0 amide bonds. The van der Waals surface area contributed by atoms with E-state index in [4.69, 9.17) is 8.83 Å². The van der Waals surface area contributed by atoms with Crippen molar-refractivity contribution >= 4 is 22.3 Å². The Morgan fingerprint density at radius 2 is 2.00 bits per heavy atom. The molecule has 0 atom stereocenters. The minimum absolute atomic E-state index is 0.541. The fourth-order valence-electron chi connectivity index (χ4n) is 1.90. The first-order chi connectivity index (χ1) is 8.93. The molecule has 0 N–H and O–H groups in total. The maximum Gasteiger partial charge on any atom is 0.284 e. The molecule has 0 aliphatic rings. The van der Waals surface area contributed by atoms with Crippen LogP contribution in [0.1, 0.15) is 0 Å². The maximum absolute atomic E-state index is 5.35. The number of rotatable bonds is 1. The number of pyridine rings is 2. The third-order valence-electron chi connectivity index (χ3n) is 2.69. The van der Waals surface area contributed by atoms with Crippen molar-refractivity contribution in [2.75, 3.05) is 0 Å². The predicted octanol–water partition coefficient (Wildman–Crippen LogP) is 2.23. The van der Waals surface area contributed by atoms with Crippen molar-refractivity contribution in [3.63, 3.8) is 0 Å². The molecule has 6 nitrogen and oxygen atoms in total. The van der Waals surface area contributed by atoms with Gasteiger partial charge in [-0.3, -0.25) is 4.98 Å². The maximum atomic E-state index is 5.35. The van der Waals surface area contributed by atoms with Crippen molar-refractivity contribution in [2.45, 2.75) is 0 Å². The highest BCUT2D eigenvalue weighted by Crippen LogP contribution is 2.29. The standard InChI is InChI=1S/C12H5N4O2/c1-3-14-12-11(18-6-16-12)7(1)9-10-8(2-4-13-9)17-5-15-10/h1-4,6H. The lowest BCUT2D eigenvalue weighted by Crippen LogP contribution is -1.87. The Morgan fingerprint density at radius 1 is 1.06 bits per heavy atom. The van der Waals surface area contributed by atoms with E-state index in [9.17, 15) is 0 Å². The summed E-state index contributed by atoms with van der Waals surface area (Å²) in [6.45, 7) is 0. The summed E-state index contributed by atoms with van der Waals surface area (Å²) in [5, 5.41) is 0. The SMILES string of the molecule is [c]1nc2c(-c3ccnc4ncoc34)nccc2o1. The van der Waals surface area contributed by atoms with Gasteiger partial charge >= 0.3 is 0 Å². The number of nitrogens with zero attached hydrogens (tertiary/aromatic N) is 4. The molecule has 0 saturated heterocycles. The van der Waals surface area contributed by atoms with E-state index in [2.05, 4.69) is 26.3 Å². The average molecular weight is 237 g/mol. The molecule has 6 heteroatoms. The van der Waals surface area contributed by atoms with Crippen molar-refractivity contribution in [1.82, 2.24) is 19.9 Å². The zero-order chi connectivity index (χ0) is 11.9. The first-order valence-corrected chi connectivity index (χ1v) is 5.23. The first-order valence-electron chi connectivity index (χ1n) is 5.23. The molecule has 4 rings (SSSR count). The summed E-state index contributed by atoms with van der Waals surface area (Å²) in [6.07, 6.45) is 7.13. The molecular formula is C12H5N4O2. The highest BCUT2D eigenvalue weighted by atomic mass is 16.3. The minimum Gasteiger partial charge on any atom is -0.441 e. The van der Waals surface area contributed by atoms with Crippen molar-refractivity contribution in [2.24, 2.45) is 0 Å². The second-order valence-electron chi connectivity index (χ2n) is 3.68. The van der Waals surface area contributed by atoms with E-state index in [-0.39, 0.29) is 0 Å². The third kappa shape index (κ3) is 1.17. The van der Waals surface area contributed by atoms with Gasteiger partial charge in [0.2, 0.25) is 0 Å². The summed E-state index contributed by atoms with van der Waals surface area (Å²) in [7, 11) is 0. The van der Waals surface area contributed by atoms with Gasteiger partial charge in [0.05, 0.1) is 5.56 Å². The van der Waals surface area contributed by atoms with Crippen LogP contribution < -0.4 is 0 Å². The van der Waals surface area contributed by atoms with Crippen molar-refractivity contribution in [3.05, 3.63) is 37.3 Å². The molecule has 0 fully saturated rings. The molecule has 4 heterocycles. The first kappa shape index (κ1) is 9.29. The molecule has 0 aliphatic carbocycles. The molecule has 0 aliphatic heterocycles. The molecule has 0 aromatic carbocycles. The summed E-state index contributed by atoms with van der Waals surface area (Å²) >= 11 is 0. The van der Waals surface area contributed by atoms with Crippen LogP contribution in [0, 0.1) is 6.39 Å². The van der Waals surface area contributed by atoms with E-state index in [0.29, 0.717) is 28.0 Å². The number of fused-ring (bicyclic) bond motifs is 2. The zero-order valence-electron chi connectivity index (χ0n) is 8.99. The fourth-order valence-corrected chi connectivity index (χ4v) is 1.90. The van der Waals surface area contributed by atoms with Gasteiger partial charge in [0, 0.05) is 18.5 Å². The van der Waals surface area contributed by atoms with Gasteiger partial charge in [0.25, 0.3) is 6.39 Å². The lowest BCUT2D eigenvalue weighted by molar-refractivity contribution is 0.591. The number of aromatic nitrogens is 4. The van der Waals surface area contributed by atoms with Gasteiger partial charge in [-0.1, -0.05) is 0 Å². The van der Waals surface area contributed by atoms with Gasteiger partial charge in [-0.25, -0.2) is 9.97 Å². The van der Waals surface area contributed by atoms with Gasteiger partial charge in [-0.15, -0.1) is 0 Å². The molecule has 85 valence electrons. The summed E-state index contributed by atoms with van der Waals surface area (Å²) < 4.78 is 10.5. The Morgan fingerprint density at radius 3 is 3.00 bits per heavy atom. The molecule has 18 heavy (non-hydrogen) atoms. The summed E-state index contributed by atoms with van der Waals surface area (Å²) in [5.74, 6) is 0. The molecule has 4 aromatic heterocycles. The van der Waals surface area contributed by atoms with Crippen LogP contribution in [-0.4, -0.2) is 19.9 Å². The topological polar surface area (TPSA) is 77.8 Å². The molecular weight excluding hydrogens is 232 g/mol. The van der Waals surface area contributed by atoms with Gasteiger partial charge < -0.3 is 8.83 Å². The summed E-state index contributed by atoms with van der Waals surface area (Å²) in [4.78, 5) is 16.5. The van der Waals surface area contributed by atoms with Crippen molar-refractivity contribution in [1.29, 1.82) is 0 Å². The van der Waals surface area contributed by atoms with Gasteiger partial charge in [-0.05, 0) is 6.07 Å². The lowest BCUT2D eigenvalue weighted by Gasteiger charge is -2.00. The van der Waals surface area contributed by atoms with Crippen LogP contribution in [-0.2, 0) is 0 Å². The van der Waals surface area contributed by atoms with Crippen LogP contribution in [0.2, 0.25) is 0 Å². The molecule has 0 bridgehead atoms. The zero-order valence-corrected chi connectivity index (χ0v) is 8.99. The highest BCUT2D eigenvalue weighted by molar-refractivity contribution is 5.96. The quantitative estimate of drug-likeness (QED) is 0.505. The minimum atomic E-state index is 0.541. The molecule has 0 saturated carbocycles. The smallest absolute Gasteiger partial charge is 0.284 e. The third-order valence-corrected chi connectivity index (χ3v) is 2.69. The fraction of sp³-hybridized carbons (Fsp3) is 0. The second kappa shape index (κ2) is 3.36. The Kier molecular flexibility index (Phi) is 1.74. The number of hydrogen-bond acceptors (Lipinski definition) is 6. The van der Waals surface area contributed by atoms with Crippen LogP contribution in [0.25, 0.3) is 33.6 Å². The van der Waals surface area contributed by atoms with Crippen LogP contribution in [0.15, 0.2) is 39.8 Å². The van der Waals surface area contributed by atoms with Crippen molar-refractivity contribution < 1.29 is 8.83 Å². The van der Waals surface area contributed by atoms with E-state index in [1.54, 1.807) is 18.5 Å². The second-order valence-corrected chi connectivity index (χ2v) is 3.68. The molecule has 0 unspecified atom stereocenters. The summed E-state index contributed by atoms with van der Waals surface area (Å²) in [5.41, 5.74) is 3.84. The van der Waals surface area contributed by atoms with Crippen LogP contribution in [0.4, 0.5) is 0 Å². The van der Waals surface area contributed by atoms with Crippen LogP contribution in [0.3, 0.4) is 0 Å². The van der Waals surface area contributed by atoms with E-state index < -0.39 is 0 Å². The van der Waals surface area contributed by atoms with Gasteiger partial charge in [-0.2, -0.15) is 4.98 Å². The summed E-state index contributed by atoms with van der Waals surface area (Å²) in [6, 6.07) is 3.55. The Balaban J connectivity index is 2.13.